The van der Waals surface area contributed by atoms with Crippen LogP contribution in [0.2, 0.25) is 0 Å². The molecule has 0 aliphatic heterocycles. The third-order valence-corrected chi connectivity index (χ3v) is 3.41. The molecule has 0 bridgehead atoms. The summed E-state index contributed by atoms with van der Waals surface area (Å²) < 4.78 is 28.0. The van der Waals surface area contributed by atoms with Crippen LogP contribution in [0.5, 0.6) is 11.5 Å². The molecule has 1 N–H and O–H groups in total. The first-order valence-electron chi connectivity index (χ1n) is 7.96. The van der Waals surface area contributed by atoms with Crippen LogP contribution in [0, 0.1) is 5.82 Å². The molecular formula is C19H18FNO6. The van der Waals surface area contributed by atoms with Gasteiger partial charge in [-0.3, -0.25) is 14.9 Å². The van der Waals surface area contributed by atoms with Gasteiger partial charge in [0.15, 0.2) is 12.7 Å². The van der Waals surface area contributed by atoms with E-state index in [9.17, 15) is 18.8 Å². The zero-order valence-electron chi connectivity index (χ0n) is 14.7. The number of nitrogens with one attached hydrogen (secondary N) is 1. The van der Waals surface area contributed by atoms with Crippen molar-refractivity contribution >= 4 is 17.8 Å². The maximum Gasteiger partial charge on any atom is 0.347 e. The minimum absolute atomic E-state index is 0.174. The molecule has 0 spiro atoms. The predicted octanol–water partition coefficient (Wildman–Crippen LogP) is 2.10. The minimum Gasteiger partial charge on any atom is -0.496 e. The number of esters is 1. The summed E-state index contributed by atoms with van der Waals surface area (Å²) in [5, 5.41) is 2.10. The molecule has 0 saturated heterocycles. The molecule has 0 saturated carbocycles. The van der Waals surface area contributed by atoms with Crippen molar-refractivity contribution in [3.63, 3.8) is 0 Å². The highest BCUT2D eigenvalue weighted by Gasteiger charge is 2.20. The van der Waals surface area contributed by atoms with Crippen LogP contribution in [0.1, 0.15) is 17.3 Å². The van der Waals surface area contributed by atoms with E-state index in [1.165, 1.54) is 44.4 Å². The SMILES string of the molecule is COc1ccccc1C(=O)NC(=O)COC(=O)[C@@H](C)Oc1ccc(F)cc1. The Morgan fingerprint density at radius 2 is 1.74 bits per heavy atom. The number of ether oxygens (including phenoxy) is 3. The van der Waals surface area contributed by atoms with Crippen LogP contribution in [-0.4, -0.2) is 37.6 Å². The highest BCUT2D eigenvalue weighted by atomic mass is 19.1. The van der Waals surface area contributed by atoms with Crippen LogP contribution in [0.15, 0.2) is 48.5 Å². The number of hydrogen-bond donors (Lipinski definition) is 1. The monoisotopic (exact) mass is 375 g/mol. The summed E-state index contributed by atoms with van der Waals surface area (Å²) in [5.74, 6) is -2.14. The lowest BCUT2D eigenvalue weighted by atomic mass is 10.2. The van der Waals surface area contributed by atoms with Crippen molar-refractivity contribution in [2.75, 3.05) is 13.7 Å². The smallest absolute Gasteiger partial charge is 0.347 e. The number of hydrogen-bond acceptors (Lipinski definition) is 6. The van der Waals surface area contributed by atoms with Gasteiger partial charge in [0.2, 0.25) is 0 Å². The van der Waals surface area contributed by atoms with Gasteiger partial charge in [0, 0.05) is 0 Å². The van der Waals surface area contributed by atoms with Crippen molar-refractivity contribution in [1.82, 2.24) is 5.32 Å². The molecule has 27 heavy (non-hydrogen) atoms. The van der Waals surface area contributed by atoms with Crippen molar-refractivity contribution in [1.29, 1.82) is 0 Å². The Morgan fingerprint density at radius 3 is 2.41 bits per heavy atom. The first-order chi connectivity index (χ1) is 12.9. The van der Waals surface area contributed by atoms with Gasteiger partial charge < -0.3 is 14.2 Å². The summed E-state index contributed by atoms with van der Waals surface area (Å²) in [5.41, 5.74) is 0.174. The molecule has 2 rings (SSSR count). The Labute approximate surface area is 155 Å². The van der Waals surface area contributed by atoms with Gasteiger partial charge in [-0.25, -0.2) is 9.18 Å². The number of rotatable bonds is 7. The van der Waals surface area contributed by atoms with Crippen molar-refractivity contribution in [3.05, 3.63) is 59.9 Å². The fourth-order valence-electron chi connectivity index (χ4n) is 2.08. The van der Waals surface area contributed by atoms with Crippen LogP contribution in [0.3, 0.4) is 0 Å². The standard InChI is InChI=1S/C19H18FNO6/c1-12(27-14-9-7-13(20)8-10-14)19(24)26-11-17(22)21-18(23)15-5-3-4-6-16(15)25-2/h3-10,12H,11H2,1-2H3,(H,21,22,23)/t12-/m1/s1. The Bertz CT molecular complexity index is 821. The molecule has 2 amide bonds. The molecule has 1 atom stereocenters. The van der Waals surface area contributed by atoms with Crippen LogP contribution < -0.4 is 14.8 Å². The van der Waals surface area contributed by atoms with E-state index in [0.29, 0.717) is 5.75 Å². The van der Waals surface area contributed by atoms with Crippen molar-refractivity contribution in [2.24, 2.45) is 0 Å². The fraction of sp³-hybridized carbons (Fsp3) is 0.211. The molecule has 0 aliphatic rings. The Kier molecular flexibility index (Phi) is 6.87. The van der Waals surface area contributed by atoms with Gasteiger partial charge >= 0.3 is 5.97 Å². The lowest BCUT2D eigenvalue weighted by Crippen LogP contribution is -2.36. The van der Waals surface area contributed by atoms with Crippen molar-refractivity contribution in [2.45, 2.75) is 13.0 Å². The third-order valence-electron chi connectivity index (χ3n) is 3.41. The summed E-state index contributed by atoms with van der Waals surface area (Å²) in [6.07, 6.45) is -1.02. The zero-order chi connectivity index (χ0) is 19.8. The number of amides is 2. The van der Waals surface area contributed by atoms with E-state index in [2.05, 4.69) is 5.32 Å². The summed E-state index contributed by atoms with van der Waals surface area (Å²) >= 11 is 0. The van der Waals surface area contributed by atoms with Gasteiger partial charge in [-0.05, 0) is 43.3 Å². The van der Waals surface area contributed by atoms with Gasteiger partial charge in [-0.15, -0.1) is 0 Å². The second kappa shape index (κ2) is 9.33. The number of carbonyl (C=O) groups excluding carboxylic acids is 3. The van der Waals surface area contributed by atoms with E-state index >= 15 is 0 Å². The van der Waals surface area contributed by atoms with Gasteiger partial charge in [0.25, 0.3) is 11.8 Å². The highest BCUT2D eigenvalue weighted by Crippen LogP contribution is 2.17. The number of methoxy groups -OCH3 is 1. The van der Waals surface area contributed by atoms with Crippen molar-refractivity contribution < 1.29 is 33.0 Å². The topological polar surface area (TPSA) is 90.9 Å². The van der Waals surface area contributed by atoms with E-state index < -0.39 is 36.3 Å². The first-order valence-corrected chi connectivity index (χ1v) is 7.96. The van der Waals surface area contributed by atoms with Gasteiger partial charge in [0.1, 0.15) is 17.3 Å². The van der Waals surface area contributed by atoms with E-state index in [-0.39, 0.29) is 11.3 Å². The summed E-state index contributed by atoms with van der Waals surface area (Å²) in [7, 11) is 1.40. The summed E-state index contributed by atoms with van der Waals surface area (Å²) in [4.78, 5) is 35.8. The number of imide groups is 1. The molecule has 0 unspecified atom stereocenters. The van der Waals surface area contributed by atoms with E-state index in [4.69, 9.17) is 14.2 Å². The number of benzene rings is 2. The second-order valence-corrected chi connectivity index (χ2v) is 5.40. The predicted molar refractivity (Wildman–Crippen MR) is 92.9 cm³/mol. The molecule has 0 aromatic heterocycles. The maximum atomic E-state index is 12.8. The van der Waals surface area contributed by atoms with E-state index in [1.807, 2.05) is 0 Å². The normalized spacial score (nSPS) is 11.2. The van der Waals surface area contributed by atoms with Crippen LogP contribution >= 0.6 is 0 Å². The molecule has 8 heteroatoms. The maximum absolute atomic E-state index is 12.8. The molecule has 0 radical (unpaired) electrons. The number of para-hydroxylation sites is 1. The van der Waals surface area contributed by atoms with Crippen molar-refractivity contribution in [3.8, 4) is 11.5 Å². The van der Waals surface area contributed by atoms with E-state index in [1.54, 1.807) is 18.2 Å². The molecule has 7 nitrogen and oxygen atoms in total. The van der Waals surface area contributed by atoms with Crippen LogP contribution in [-0.2, 0) is 14.3 Å². The molecule has 0 heterocycles. The second-order valence-electron chi connectivity index (χ2n) is 5.40. The van der Waals surface area contributed by atoms with Gasteiger partial charge in [-0.1, -0.05) is 12.1 Å². The number of carbonyl (C=O) groups is 3. The Balaban J connectivity index is 1.82. The third kappa shape index (κ3) is 5.81. The summed E-state index contributed by atoms with van der Waals surface area (Å²) in [6.45, 7) is 0.764. The first kappa shape index (κ1) is 19.9. The van der Waals surface area contributed by atoms with Crippen LogP contribution in [0.25, 0.3) is 0 Å². The fourth-order valence-corrected chi connectivity index (χ4v) is 2.08. The van der Waals surface area contributed by atoms with Gasteiger partial charge in [-0.2, -0.15) is 0 Å². The average Bonchev–Trinajstić information content (AvgIpc) is 2.67. The Morgan fingerprint density at radius 1 is 1.07 bits per heavy atom. The number of halogens is 1. The lowest BCUT2D eigenvalue weighted by Gasteiger charge is -2.14. The van der Waals surface area contributed by atoms with Gasteiger partial charge in [0.05, 0.1) is 12.7 Å². The Hall–Kier alpha value is -3.42. The van der Waals surface area contributed by atoms with E-state index in [0.717, 1.165) is 0 Å². The molecule has 0 fully saturated rings. The molecule has 0 aliphatic carbocycles. The minimum atomic E-state index is -1.02. The molecule has 2 aromatic rings. The lowest BCUT2D eigenvalue weighted by molar-refractivity contribution is -0.154. The molecule has 142 valence electrons. The largest absolute Gasteiger partial charge is 0.496 e. The zero-order valence-corrected chi connectivity index (χ0v) is 14.7. The van der Waals surface area contributed by atoms with Crippen LogP contribution in [0.4, 0.5) is 4.39 Å². The quantitative estimate of drug-likeness (QED) is 0.746. The molecule has 2 aromatic carbocycles. The summed E-state index contributed by atoms with van der Waals surface area (Å²) in [6, 6.07) is 11.5. The highest BCUT2D eigenvalue weighted by molar-refractivity contribution is 6.06. The average molecular weight is 375 g/mol. The molecular weight excluding hydrogens is 357 g/mol.